The molecule has 2 amide bonds. The van der Waals surface area contributed by atoms with Crippen molar-refractivity contribution in [2.24, 2.45) is 0 Å². The first-order valence-corrected chi connectivity index (χ1v) is 11.6. The van der Waals surface area contributed by atoms with Gasteiger partial charge >= 0.3 is 0 Å². The summed E-state index contributed by atoms with van der Waals surface area (Å²) in [7, 11) is 1.60. The maximum atomic E-state index is 13.2. The quantitative estimate of drug-likeness (QED) is 0.521. The van der Waals surface area contributed by atoms with Gasteiger partial charge in [0.05, 0.1) is 24.6 Å². The molecule has 10 nitrogen and oxygen atoms in total. The highest BCUT2D eigenvalue weighted by Gasteiger charge is 2.34. The molecular weight excluding hydrogens is 476 g/mol. The highest BCUT2D eigenvalue weighted by atomic mass is 16.5. The zero-order valence-electron chi connectivity index (χ0n) is 20.2. The van der Waals surface area contributed by atoms with Crippen molar-refractivity contribution in [1.82, 2.24) is 15.3 Å². The van der Waals surface area contributed by atoms with Crippen molar-refractivity contribution < 1.29 is 28.9 Å². The van der Waals surface area contributed by atoms with Crippen molar-refractivity contribution in [1.29, 1.82) is 0 Å². The lowest BCUT2D eigenvalue weighted by Gasteiger charge is -2.30. The molecule has 1 fully saturated rings. The maximum Gasteiger partial charge on any atom is 0.270 e. The van der Waals surface area contributed by atoms with Gasteiger partial charge in [0.25, 0.3) is 11.8 Å². The van der Waals surface area contributed by atoms with Crippen LogP contribution in [0.5, 0.6) is 17.2 Å². The van der Waals surface area contributed by atoms with Gasteiger partial charge in [-0.1, -0.05) is 11.8 Å². The number of likely N-dealkylation sites (N-methyl/N-ethyl adjacent to an activating group) is 1. The summed E-state index contributed by atoms with van der Waals surface area (Å²) in [6.45, 7) is 2.09. The van der Waals surface area contributed by atoms with Crippen molar-refractivity contribution in [2.75, 3.05) is 31.8 Å². The minimum absolute atomic E-state index is 0.0604. The van der Waals surface area contributed by atoms with Crippen LogP contribution in [0.4, 0.5) is 5.69 Å². The van der Waals surface area contributed by atoms with Crippen LogP contribution in [-0.4, -0.2) is 65.4 Å². The largest absolute Gasteiger partial charge is 0.489 e. The third-order valence-corrected chi connectivity index (χ3v) is 5.93. The average Bonchev–Trinajstić information content (AvgIpc) is 3.00. The first-order chi connectivity index (χ1) is 17.8. The second-order valence-electron chi connectivity index (χ2n) is 8.76. The lowest BCUT2D eigenvalue weighted by Crippen LogP contribution is -2.49. The Morgan fingerprint density at radius 2 is 2.05 bits per heavy atom. The van der Waals surface area contributed by atoms with Crippen molar-refractivity contribution in [3.63, 3.8) is 0 Å². The van der Waals surface area contributed by atoms with Gasteiger partial charge in [-0.2, -0.15) is 0 Å². The van der Waals surface area contributed by atoms with Gasteiger partial charge < -0.3 is 29.5 Å². The van der Waals surface area contributed by atoms with Crippen molar-refractivity contribution in [3.8, 4) is 29.1 Å². The fourth-order valence-corrected chi connectivity index (χ4v) is 3.77. The predicted molar refractivity (Wildman–Crippen MR) is 133 cm³/mol. The van der Waals surface area contributed by atoms with Crippen molar-refractivity contribution >= 4 is 17.5 Å². The summed E-state index contributed by atoms with van der Waals surface area (Å²) in [5.74, 6) is 6.26. The molecule has 2 aliphatic rings. The van der Waals surface area contributed by atoms with Crippen LogP contribution in [0.25, 0.3) is 0 Å². The van der Waals surface area contributed by atoms with Gasteiger partial charge in [-0.25, -0.2) is 0 Å². The minimum atomic E-state index is -1.15. The molecule has 1 atom stereocenters. The summed E-state index contributed by atoms with van der Waals surface area (Å²) in [6, 6.07) is 10.9. The number of nitrogens with zero attached hydrogens (tertiary/aromatic N) is 3. The number of benzene rings is 1. The summed E-state index contributed by atoms with van der Waals surface area (Å²) in [5, 5.41) is 12.8. The summed E-state index contributed by atoms with van der Waals surface area (Å²) >= 11 is 0. The Balaban J connectivity index is 1.29. The topological polar surface area (TPSA) is 123 Å². The number of aliphatic hydroxyl groups is 1. The summed E-state index contributed by atoms with van der Waals surface area (Å²) < 4.78 is 16.7. The molecule has 2 aromatic heterocycles. The number of aromatic nitrogens is 2. The van der Waals surface area contributed by atoms with Crippen LogP contribution < -0.4 is 19.7 Å². The van der Waals surface area contributed by atoms with E-state index in [9.17, 15) is 14.7 Å². The molecule has 3 aromatic rings. The Kier molecular flexibility index (Phi) is 6.48. The number of hydrogen-bond donors (Lipinski definition) is 2. The SMILES string of the molecule is Cc1ncccc1Oc1ccnc(C(=O)NC2COc3ccc(C#CC4(O)COC4)cc3N(C)C2=O)c1. The number of nitrogens with one attached hydrogen (secondary N) is 1. The molecule has 5 rings (SSSR count). The van der Waals surface area contributed by atoms with Crippen LogP contribution in [-0.2, 0) is 9.53 Å². The number of rotatable bonds is 4. The van der Waals surface area contributed by atoms with E-state index in [-0.39, 0.29) is 31.4 Å². The molecular formula is C27H24N4O6. The van der Waals surface area contributed by atoms with E-state index in [0.29, 0.717) is 34.2 Å². The van der Waals surface area contributed by atoms with Gasteiger partial charge in [0.15, 0.2) is 5.60 Å². The molecule has 1 aromatic carbocycles. The van der Waals surface area contributed by atoms with Gasteiger partial charge in [0, 0.05) is 31.1 Å². The Hall–Kier alpha value is -4.46. The van der Waals surface area contributed by atoms with Gasteiger partial charge in [-0.15, -0.1) is 0 Å². The molecule has 0 aliphatic carbocycles. The van der Waals surface area contributed by atoms with Gasteiger partial charge in [-0.05, 0) is 43.3 Å². The highest BCUT2D eigenvalue weighted by Crippen LogP contribution is 2.32. The number of aryl methyl sites for hydroxylation is 1. The van der Waals surface area contributed by atoms with E-state index in [4.69, 9.17) is 14.2 Å². The van der Waals surface area contributed by atoms with Gasteiger partial charge in [0.2, 0.25) is 0 Å². The van der Waals surface area contributed by atoms with E-state index in [2.05, 4.69) is 27.1 Å². The third kappa shape index (κ3) is 5.23. The van der Waals surface area contributed by atoms with E-state index in [0.717, 1.165) is 0 Å². The zero-order valence-corrected chi connectivity index (χ0v) is 20.2. The smallest absolute Gasteiger partial charge is 0.270 e. The van der Waals surface area contributed by atoms with E-state index in [1.807, 2.05) is 6.92 Å². The number of ether oxygens (including phenoxy) is 3. The molecule has 188 valence electrons. The second kappa shape index (κ2) is 9.89. The van der Waals surface area contributed by atoms with E-state index in [1.54, 1.807) is 49.6 Å². The van der Waals surface area contributed by atoms with Crippen LogP contribution in [0.2, 0.25) is 0 Å². The first kappa shape index (κ1) is 24.2. The Morgan fingerprint density at radius 1 is 1.22 bits per heavy atom. The Morgan fingerprint density at radius 3 is 2.81 bits per heavy atom. The monoisotopic (exact) mass is 500 g/mol. The predicted octanol–water partition coefficient (Wildman–Crippen LogP) is 1.84. The molecule has 37 heavy (non-hydrogen) atoms. The summed E-state index contributed by atoms with van der Waals surface area (Å²) in [6.07, 6.45) is 3.12. The normalized spacial score (nSPS) is 17.8. The standard InChI is InChI=1S/C27H24N4O6/c1-17-23(4-3-10-28-17)37-19-8-11-29-20(13-19)25(32)30-21-14-36-24-6-5-18(7-9-27(34)15-35-16-27)12-22(24)31(2)26(21)33/h3-6,8,10-13,21,34H,14-16H2,1-2H3,(H,30,32). The Labute approximate surface area is 213 Å². The number of pyridine rings is 2. The fourth-order valence-electron chi connectivity index (χ4n) is 3.77. The molecule has 10 heteroatoms. The fraction of sp³-hybridized carbons (Fsp3) is 0.259. The molecule has 2 N–H and O–H groups in total. The molecule has 2 aliphatic heterocycles. The third-order valence-electron chi connectivity index (χ3n) is 5.93. The molecule has 0 spiro atoms. The summed E-state index contributed by atoms with van der Waals surface area (Å²) in [5.41, 5.74) is 0.761. The number of fused-ring (bicyclic) bond motifs is 1. The van der Waals surface area contributed by atoms with Gasteiger partial charge in [0.1, 0.15) is 35.6 Å². The average molecular weight is 501 g/mol. The van der Waals surface area contributed by atoms with Crippen molar-refractivity contribution in [2.45, 2.75) is 18.6 Å². The number of anilines is 1. The summed E-state index contributed by atoms with van der Waals surface area (Å²) in [4.78, 5) is 35.9. The van der Waals surface area contributed by atoms with Crippen LogP contribution in [0, 0.1) is 18.8 Å². The molecule has 0 bridgehead atoms. The van der Waals surface area contributed by atoms with Crippen molar-refractivity contribution in [3.05, 3.63) is 71.8 Å². The number of hydrogen-bond acceptors (Lipinski definition) is 8. The van der Waals surface area contributed by atoms with Crippen LogP contribution in [0.3, 0.4) is 0 Å². The number of carbonyl (C=O) groups is 2. The molecule has 1 saturated heterocycles. The first-order valence-electron chi connectivity index (χ1n) is 11.6. The Bertz CT molecular complexity index is 1430. The maximum absolute atomic E-state index is 13.2. The van der Waals surface area contributed by atoms with Crippen LogP contribution >= 0.6 is 0 Å². The number of carbonyl (C=O) groups excluding carboxylic acids is 2. The van der Waals surface area contributed by atoms with Crippen LogP contribution in [0.15, 0.2) is 54.9 Å². The van der Waals surface area contributed by atoms with Crippen LogP contribution in [0.1, 0.15) is 21.7 Å². The number of amides is 2. The zero-order chi connectivity index (χ0) is 26.0. The van der Waals surface area contributed by atoms with Gasteiger partial charge in [-0.3, -0.25) is 19.6 Å². The van der Waals surface area contributed by atoms with E-state index in [1.165, 1.54) is 17.2 Å². The molecule has 1 unspecified atom stereocenters. The van der Waals surface area contributed by atoms with E-state index >= 15 is 0 Å². The minimum Gasteiger partial charge on any atom is -0.489 e. The molecule has 0 radical (unpaired) electrons. The van der Waals surface area contributed by atoms with E-state index < -0.39 is 17.6 Å². The molecule has 0 saturated carbocycles. The second-order valence-corrected chi connectivity index (χ2v) is 8.76. The lowest BCUT2D eigenvalue weighted by molar-refractivity contribution is -0.140. The molecule has 4 heterocycles. The highest BCUT2D eigenvalue weighted by molar-refractivity contribution is 6.03. The lowest BCUT2D eigenvalue weighted by atomic mass is 10.0.